The van der Waals surface area contributed by atoms with Crippen molar-refractivity contribution in [1.82, 2.24) is 9.97 Å². The maximum atomic E-state index is 5.59. The van der Waals surface area contributed by atoms with E-state index in [-0.39, 0.29) is 0 Å². The zero-order valence-corrected chi connectivity index (χ0v) is 9.16. The van der Waals surface area contributed by atoms with Gasteiger partial charge in [0.15, 0.2) is 0 Å². The summed E-state index contributed by atoms with van der Waals surface area (Å²) >= 11 is 1.60. The molecule has 2 rings (SSSR count). The minimum Gasteiger partial charge on any atom is -0.384 e. The first kappa shape index (κ1) is 9.98. The lowest BCUT2D eigenvalue weighted by molar-refractivity contribution is 1.05. The van der Waals surface area contributed by atoms with Crippen molar-refractivity contribution in [1.29, 1.82) is 0 Å². The van der Waals surface area contributed by atoms with Crippen molar-refractivity contribution >= 4 is 17.6 Å². The van der Waals surface area contributed by atoms with Crippen molar-refractivity contribution < 1.29 is 0 Å². The highest BCUT2D eigenvalue weighted by atomic mass is 32.2. The van der Waals surface area contributed by atoms with Gasteiger partial charge in [-0.05, 0) is 18.6 Å². The number of aromatic nitrogens is 2. The molecule has 1 aromatic carbocycles. The molecule has 0 spiro atoms. The van der Waals surface area contributed by atoms with E-state index in [9.17, 15) is 0 Å². The molecule has 0 atom stereocenters. The number of hydrogen-bond donors (Lipinski definition) is 1. The zero-order valence-electron chi connectivity index (χ0n) is 8.34. The fourth-order valence-electron chi connectivity index (χ4n) is 1.19. The summed E-state index contributed by atoms with van der Waals surface area (Å²) in [6, 6.07) is 9.95. The number of benzene rings is 1. The van der Waals surface area contributed by atoms with Gasteiger partial charge in [0.05, 0.1) is 0 Å². The van der Waals surface area contributed by atoms with Crippen LogP contribution in [0.4, 0.5) is 5.82 Å². The second kappa shape index (κ2) is 4.31. The fourth-order valence-corrected chi connectivity index (χ4v) is 2.07. The molecule has 0 aliphatic heterocycles. The first-order valence-electron chi connectivity index (χ1n) is 4.57. The molecule has 0 aliphatic rings. The number of hydrogen-bond acceptors (Lipinski definition) is 4. The van der Waals surface area contributed by atoms with Gasteiger partial charge in [-0.3, -0.25) is 0 Å². The minimum absolute atomic E-state index is 0.501. The molecular weight excluding hydrogens is 206 g/mol. The van der Waals surface area contributed by atoms with Crippen molar-refractivity contribution in [3.63, 3.8) is 0 Å². The third kappa shape index (κ3) is 2.47. The van der Waals surface area contributed by atoms with Crippen LogP contribution in [0.15, 0.2) is 46.6 Å². The van der Waals surface area contributed by atoms with E-state index in [1.54, 1.807) is 17.8 Å². The van der Waals surface area contributed by atoms with Crippen molar-refractivity contribution in [2.75, 3.05) is 5.73 Å². The number of nitrogen functional groups attached to an aromatic ring is 1. The molecule has 0 saturated carbocycles. The monoisotopic (exact) mass is 217 g/mol. The largest absolute Gasteiger partial charge is 0.384 e. The number of nitrogens with two attached hydrogens (primary N) is 1. The van der Waals surface area contributed by atoms with Crippen LogP contribution in [-0.2, 0) is 0 Å². The van der Waals surface area contributed by atoms with Crippen LogP contribution in [0, 0.1) is 6.92 Å². The van der Waals surface area contributed by atoms with Gasteiger partial charge in [-0.1, -0.05) is 30.0 Å². The highest BCUT2D eigenvalue weighted by molar-refractivity contribution is 7.99. The molecule has 0 bridgehead atoms. The fraction of sp³-hybridized carbons (Fsp3) is 0.0909. The molecule has 15 heavy (non-hydrogen) atoms. The predicted octanol–water partition coefficient (Wildman–Crippen LogP) is 2.52. The number of rotatable bonds is 2. The van der Waals surface area contributed by atoms with Crippen molar-refractivity contribution in [2.24, 2.45) is 0 Å². The van der Waals surface area contributed by atoms with E-state index in [2.05, 4.69) is 29.0 Å². The van der Waals surface area contributed by atoms with Gasteiger partial charge < -0.3 is 5.73 Å². The van der Waals surface area contributed by atoms with E-state index >= 15 is 0 Å². The van der Waals surface area contributed by atoms with Gasteiger partial charge >= 0.3 is 0 Å². The van der Waals surface area contributed by atoms with Gasteiger partial charge in [0.25, 0.3) is 0 Å². The SMILES string of the molecule is Cc1ccccc1Sc1cc(N)ncn1. The van der Waals surface area contributed by atoms with Gasteiger partial charge in [-0.2, -0.15) is 0 Å². The Morgan fingerprint density at radius 2 is 2.00 bits per heavy atom. The molecule has 4 heteroatoms. The molecule has 0 unspecified atom stereocenters. The van der Waals surface area contributed by atoms with Crippen molar-refractivity contribution in [3.8, 4) is 0 Å². The van der Waals surface area contributed by atoms with Gasteiger partial charge in [-0.25, -0.2) is 9.97 Å². The molecule has 76 valence electrons. The van der Waals surface area contributed by atoms with Gasteiger partial charge in [0.2, 0.25) is 0 Å². The molecule has 1 aromatic heterocycles. The van der Waals surface area contributed by atoms with Crippen LogP contribution < -0.4 is 5.73 Å². The predicted molar refractivity (Wildman–Crippen MR) is 61.7 cm³/mol. The Bertz CT molecular complexity index is 471. The quantitative estimate of drug-likeness (QED) is 0.785. The maximum Gasteiger partial charge on any atom is 0.127 e. The molecule has 2 N–H and O–H groups in total. The summed E-state index contributed by atoms with van der Waals surface area (Å²) in [5, 5.41) is 0.872. The summed E-state index contributed by atoms with van der Waals surface area (Å²) in [5.41, 5.74) is 6.82. The van der Waals surface area contributed by atoms with E-state index in [4.69, 9.17) is 5.73 Å². The lowest BCUT2D eigenvalue weighted by Gasteiger charge is -2.03. The van der Waals surface area contributed by atoms with Crippen LogP contribution in [0.25, 0.3) is 0 Å². The van der Waals surface area contributed by atoms with Crippen LogP contribution in [-0.4, -0.2) is 9.97 Å². The summed E-state index contributed by atoms with van der Waals surface area (Å²) in [5.74, 6) is 0.501. The highest BCUT2D eigenvalue weighted by Crippen LogP contribution is 2.28. The summed E-state index contributed by atoms with van der Waals surface area (Å²) < 4.78 is 0. The van der Waals surface area contributed by atoms with E-state index in [0.717, 1.165) is 5.03 Å². The highest BCUT2D eigenvalue weighted by Gasteiger charge is 2.01. The third-order valence-electron chi connectivity index (χ3n) is 1.97. The second-order valence-corrected chi connectivity index (χ2v) is 4.21. The Morgan fingerprint density at radius 1 is 1.20 bits per heavy atom. The summed E-state index contributed by atoms with van der Waals surface area (Å²) in [4.78, 5) is 9.20. The zero-order chi connectivity index (χ0) is 10.7. The Labute approximate surface area is 92.8 Å². The van der Waals surface area contributed by atoms with Gasteiger partial charge in [-0.15, -0.1) is 0 Å². The van der Waals surface area contributed by atoms with E-state index in [0.29, 0.717) is 5.82 Å². The average molecular weight is 217 g/mol. The molecule has 0 radical (unpaired) electrons. The molecule has 0 amide bonds. The van der Waals surface area contributed by atoms with Crippen LogP contribution in [0.5, 0.6) is 0 Å². The Kier molecular flexibility index (Phi) is 2.87. The molecular formula is C11H11N3S. The van der Waals surface area contributed by atoms with Crippen LogP contribution >= 0.6 is 11.8 Å². The first-order valence-corrected chi connectivity index (χ1v) is 5.38. The topological polar surface area (TPSA) is 51.8 Å². The molecule has 3 nitrogen and oxygen atoms in total. The van der Waals surface area contributed by atoms with E-state index in [1.807, 2.05) is 12.1 Å². The Hall–Kier alpha value is -1.55. The average Bonchev–Trinajstić information content (AvgIpc) is 2.22. The van der Waals surface area contributed by atoms with Crippen LogP contribution in [0.3, 0.4) is 0 Å². The molecule has 1 heterocycles. The molecule has 0 fully saturated rings. The van der Waals surface area contributed by atoms with Gasteiger partial charge in [0.1, 0.15) is 17.2 Å². The third-order valence-corrected chi connectivity index (χ3v) is 3.08. The van der Waals surface area contributed by atoms with Crippen molar-refractivity contribution in [3.05, 3.63) is 42.2 Å². The lowest BCUT2D eigenvalue weighted by atomic mass is 10.2. The number of nitrogens with zero attached hydrogens (tertiary/aromatic N) is 2. The number of aryl methyl sites for hydroxylation is 1. The van der Waals surface area contributed by atoms with E-state index < -0.39 is 0 Å². The van der Waals surface area contributed by atoms with Crippen LogP contribution in [0.1, 0.15) is 5.56 Å². The summed E-state index contributed by atoms with van der Waals surface area (Å²) in [6.07, 6.45) is 1.48. The van der Waals surface area contributed by atoms with Crippen molar-refractivity contribution in [2.45, 2.75) is 16.8 Å². The number of anilines is 1. The minimum atomic E-state index is 0.501. The normalized spacial score (nSPS) is 10.2. The molecule has 2 aromatic rings. The van der Waals surface area contributed by atoms with Crippen LogP contribution in [0.2, 0.25) is 0 Å². The summed E-state index contributed by atoms with van der Waals surface area (Å²) in [6.45, 7) is 2.08. The summed E-state index contributed by atoms with van der Waals surface area (Å²) in [7, 11) is 0. The second-order valence-electron chi connectivity index (χ2n) is 3.15. The molecule has 0 saturated heterocycles. The lowest BCUT2D eigenvalue weighted by Crippen LogP contribution is -1.91. The van der Waals surface area contributed by atoms with E-state index in [1.165, 1.54) is 16.8 Å². The smallest absolute Gasteiger partial charge is 0.127 e. The van der Waals surface area contributed by atoms with Gasteiger partial charge in [0, 0.05) is 11.0 Å². The standard InChI is InChI=1S/C11H11N3S/c1-8-4-2-3-5-9(8)15-11-6-10(12)13-7-14-11/h2-7H,1H3,(H2,12,13,14). The molecule has 0 aliphatic carbocycles. The maximum absolute atomic E-state index is 5.59. The Balaban J connectivity index is 2.26. The Morgan fingerprint density at radius 3 is 2.73 bits per heavy atom. The first-order chi connectivity index (χ1) is 7.25.